The molecule has 1 saturated carbocycles. The van der Waals surface area contributed by atoms with Gasteiger partial charge in [0.25, 0.3) is 0 Å². The van der Waals surface area contributed by atoms with E-state index in [4.69, 9.17) is 0 Å². The van der Waals surface area contributed by atoms with Crippen molar-refractivity contribution in [1.82, 2.24) is 10.2 Å². The Morgan fingerprint density at radius 1 is 1.19 bits per heavy atom. The molecule has 0 spiro atoms. The summed E-state index contributed by atoms with van der Waals surface area (Å²) in [5.41, 5.74) is 2.94. The van der Waals surface area contributed by atoms with Gasteiger partial charge in [-0.2, -0.15) is 0 Å². The van der Waals surface area contributed by atoms with E-state index in [1.807, 2.05) is 0 Å². The highest BCUT2D eigenvalue weighted by Gasteiger charge is 2.22. The van der Waals surface area contributed by atoms with E-state index >= 15 is 0 Å². The van der Waals surface area contributed by atoms with Crippen molar-refractivity contribution in [2.75, 3.05) is 19.6 Å². The van der Waals surface area contributed by atoms with Crippen LogP contribution in [0.4, 0.5) is 0 Å². The third-order valence-corrected chi connectivity index (χ3v) is 5.19. The topological polar surface area (TPSA) is 15.3 Å². The zero-order chi connectivity index (χ0) is 14.7. The van der Waals surface area contributed by atoms with Gasteiger partial charge in [-0.1, -0.05) is 44.5 Å². The normalized spacial score (nSPS) is 24.4. The summed E-state index contributed by atoms with van der Waals surface area (Å²) in [6.45, 7) is 9.47. The number of benzene rings is 1. The molecule has 2 heteroatoms. The monoisotopic (exact) mass is 286 g/mol. The Labute approximate surface area is 129 Å². The van der Waals surface area contributed by atoms with Crippen molar-refractivity contribution in [2.45, 2.75) is 58.0 Å². The van der Waals surface area contributed by atoms with Gasteiger partial charge in [0.2, 0.25) is 0 Å². The van der Waals surface area contributed by atoms with E-state index in [2.05, 4.69) is 48.3 Å². The summed E-state index contributed by atoms with van der Waals surface area (Å²) < 4.78 is 0. The van der Waals surface area contributed by atoms with Crippen LogP contribution in [0, 0.1) is 5.92 Å². The predicted molar refractivity (Wildman–Crippen MR) is 89.6 cm³/mol. The third-order valence-electron chi connectivity index (χ3n) is 5.19. The molecule has 2 atom stereocenters. The summed E-state index contributed by atoms with van der Waals surface area (Å²) in [5.74, 6) is 1.55. The highest BCUT2D eigenvalue weighted by atomic mass is 15.1. The van der Waals surface area contributed by atoms with Crippen LogP contribution < -0.4 is 5.32 Å². The molecule has 116 valence electrons. The first-order valence-electron chi connectivity index (χ1n) is 8.79. The minimum atomic E-state index is 0.621. The van der Waals surface area contributed by atoms with Crippen molar-refractivity contribution >= 4 is 0 Å². The van der Waals surface area contributed by atoms with Gasteiger partial charge in [0.1, 0.15) is 0 Å². The van der Waals surface area contributed by atoms with Gasteiger partial charge in [0.15, 0.2) is 0 Å². The number of nitrogens with one attached hydrogen (secondary N) is 1. The van der Waals surface area contributed by atoms with Crippen LogP contribution in [0.1, 0.15) is 56.6 Å². The Hall–Kier alpha value is -0.860. The second-order valence-electron chi connectivity index (χ2n) is 7.12. The smallest absolute Gasteiger partial charge is 0.0233 e. The molecular formula is C19H30N2. The number of nitrogens with zero attached hydrogens (tertiary/aromatic N) is 1. The second kappa shape index (κ2) is 6.93. The molecule has 3 rings (SSSR count). The molecule has 1 aliphatic heterocycles. The lowest BCUT2D eigenvalue weighted by Gasteiger charge is -2.17. The molecule has 2 aliphatic rings. The van der Waals surface area contributed by atoms with E-state index in [9.17, 15) is 0 Å². The fourth-order valence-corrected chi connectivity index (χ4v) is 3.35. The average Bonchev–Trinajstić information content (AvgIpc) is 3.24. The first kappa shape index (κ1) is 15.1. The standard InChI is InChI=1S/C19H30N2/c1-3-16-10-11-21(13-16)14-17-4-6-18(7-5-17)15(2)12-20-19-8-9-19/h4-7,15-16,19-20H,3,8-14H2,1-2H3. The van der Waals surface area contributed by atoms with Crippen LogP contribution in [-0.2, 0) is 6.54 Å². The maximum absolute atomic E-state index is 3.63. The fraction of sp³-hybridized carbons (Fsp3) is 0.684. The minimum absolute atomic E-state index is 0.621. The Morgan fingerprint density at radius 3 is 2.57 bits per heavy atom. The zero-order valence-electron chi connectivity index (χ0n) is 13.6. The second-order valence-corrected chi connectivity index (χ2v) is 7.12. The van der Waals surface area contributed by atoms with Crippen LogP contribution in [0.15, 0.2) is 24.3 Å². The van der Waals surface area contributed by atoms with Gasteiger partial charge in [-0.15, -0.1) is 0 Å². The summed E-state index contributed by atoms with van der Waals surface area (Å²) in [5, 5.41) is 3.63. The van der Waals surface area contributed by atoms with Crippen LogP contribution in [0.3, 0.4) is 0 Å². The molecule has 1 aromatic carbocycles. The number of likely N-dealkylation sites (tertiary alicyclic amines) is 1. The molecule has 1 N–H and O–H groups in total. The molecule has 2 unspecified atom stereocenters. The molecule has 0 amide bonds. The van der Waals surface area contributed by atoms with Gasteiger partial charge in [0.05, 0.1) is 0 Å². The lowest BCUT2D eigenvalue weighted by molar-refractivity contribution is 0.315. The summed E-state index contributed by atoms with van der Waals surface area (Å²) in [7, 11) is 0. The molecule has 2 fully saturated rings. The molecule has 21 heavy (non-hydrogen) atoms. The lowest BCUT2D eigenvalue weighted by Crippen LogP contribution is -2.22. The molecule has 0 bridgehead atoms. The number of hydrogen-bond donors (Lipinski definition) is 1. The maximum Gasteiger partial charge on any atom is 0.0233 e. The van der Waals surface area contributed by atoms with Gasteiger partial charge in [-0.25, -0.2) is 0 Å². The van der Waals surface area contributed by atoms with E-state index in [0.717, 1.165) is 25.0 Å². The highest BCUT2D eigenvalue weighted by molar-refractivity contribution is 5.25. The summed E-state index contributed by atoms with van der Waals surface area (Å²) in [6.07, 6.45) is 5.47. The maximum atomic E-state index is 3.63. The predicted octanol–water partition coefficient (Wildman–Crippen LogP) is 3.77. The highest BCUT2D eigenvalue weighted by Crippen LogP contribution is 2.23. The molecule has 0 radical (unpaired) electrons. The van der Waals surface area contributed by atoms with E-state index in [1.165, 1.54) is 49.9 Å². The molecule has 2 nitrogen and oxygen atoms in total. The van der Waals surface area contributed by atoms with Crippen LogP contribution in [0.2, 0.25) is 0 Å². The van der Waals surface area contributed by atoms with Gasteiger partial charge >= 0.3 is 0 Å². The molecule has 1 heterocycles. The zero-order valence-corrected chi connectivity index (χ0v) is 13.6. The minimum Gasteiger partial charge on any atom is -0.313 e. The molecule has 1 aromatic rings. The molecule has 1 saturated heterocycles. The van der Waals surface area contributed by atoms with Crippen molar-refractivity contribution in [1.29, 1.82) is 0 Å². The molecule has 0 aromatic heterocycles. The van der Waals surface area contributed by atoms with Crippen molar-refractivity contribution in [3.63, 3.8) is 0 Å². The van der Waals surface area contributed by atoms with Gasteiger partial charge in [-0.05, 0) is 48.8 Å². The first-order valence-corrected chi connectivity index (χ1v) is 8.79. The number of rotatable bonds is 7. The Morgan fingerprint density at radius 2 is 1.95 bits per heavy atom. The van der Waals surface area contributed by atoms with Crippen LogP contribution in [0.25, 0.3) is 0 Å². The SMILES string of the molecule is CCC1CCN(Cc2ccc(C(C)CNC3CC3)cc2)C1. The first-order chi connectivity index (χ1) is 10.2. The quantitative estimate of drug-likeness (QED) is 0.821. The third kappa shape index (κ3) is 4.31. The van der Waals surface area contributed by atoms with Crippen LogP contribution >= 0.6 is 0 Å². The van der Waals surface area contributed by atoms with Crippen LogP contribution in [-0.4, -0.2) is 30.6 Å². The Balaban J connectivity index is 1.49. The van der Waals surface area contributed by atoms with Crippen molar-refractivity contribution < 1.29 is 0 Å². The average molecular weight is 286 g/mol. The van der Waals surface area contributed by atoms with Crippen molar-refractivity contribution in [3.8, 4) is 0 Å². The summed E-state index contributed by atoms with van der Waals surface area (Å²) in [6, 6.07) is 10.2. The van der Waals surface area contributed by atoms with Gasteiger partial charge in [0, 0.05) is 25.7 Å². The van der Waals surface area contributed by atoms with Gasteiger partial charge in [-0.3, -0.25) is 4.90 Å². The van der Waals surface area contributed by atoms with E-state index in [-0.39, 0.29) is 0 Å². The van der Waals surface area contributed by atoms with E-state index in [1.54, 1.807) is 0 Å². The summed E-state index contributed by atoms with van der Waals surface area (Å²) >= 11 is 0. The largest absolute Gasteiger partial charge is 0.313 e. The van der Waals surface area contributed by atoms with E-state index in [0.29, 0.717) is 5.92 Å². The van der Waals surface area contributed by atoms with Crippen LogP contribution in [0.5, 0.6) is 0 Å². The Kier molecular flexibility index (Phi) is 4.97. The van der Waals surface area contributed by atoms with Gasteiger partial charge < -0.3 is 5.32 Å². The van der Waals surface area contributed by atoms with Crippen molar-refractivity contribution in [2.24, 2.45) is 5.92 Å². The van der Waals surface area contributed by atoms with E-state index < -0.39 is 0 Å². The summed E-state index contributed by atoms with van der Waals surface area (Å²) in [4.78, 5) is 2.61. The number of hydrogen-bond acceptors (Lipinski definition) is 2. The molecule has 1 aliphatic carbocycles. The lowest BCUT2D eigenvalue weighted by atomic mass is 9.99. The fourth-order valence-electron chi connectivity index (χ4n) is 3.35. The molecular weight excluding hydrogens is 256 g/mol. The van der Waals surface area contributed by atoms with Crippen molar-refractivity contribution in [3.05, 3.63) is 35.4 Å². The Bertz CT molecular complexity index is 435.